The molecule has 98 valence electrons. The first-order valence-electron chi connectivity index (χ1n) is 5.38. The third kappa shape index (κ3) is 4.04. The van der Waals surface area contributed by atoms with E-state index in [0.717, 1.165) is 6.07 Å². The van der Waals surface area contributed by atoms with Crippen molar-refractivity contribution in [1.82, 2.24) is 5.32 Å². The molecule has 0 spiro atoms. The number of carboxylic acids is 1. The number of ether oxygens (including phenoxy) is 1. The maximum atomic E-state index is 13.5. The number of hydrogen-bond donors (Lipinski definition) is 2. The molecule has 5 nitrogen and oxygen atoms in total. The van der Waals surface area contributed by atoms with Gasteiger partial charge in [-0.05, 0) is 18.6 Å². The van der Waals surface area contributed by atoms with Crippen molar-refractivity contribution in [2.75, 3.05) is 13.7 Å². The molecule has 0 radical (unpaired) electrons. The van der Waals surface area contributed by atoms with Crippen molar-refractivity contribution in [3.05, 3.63) is 29.6 Å². The molecule has 1 aromatic rings. The van der Waals surface area contributed by atoms with E-state index in [0.29, 0.717) is 12.2 Å². The van der Waals surface area contributed by atoms with Gasteiger partial charge in [0, 0.05) is 19.0 Å². The maximum absolute atomic E-state index is 13.5. The average molecular weight is 255 g/mol. The number of aliphatic carboxylic acids is 1. The summed E-state index contributed by atoms with van der Waals surface area (Å²) >= 11 is 0. The topological polar surface area (TPSA) is 75.6 Å². The minimum atomic E-state index is -0.931. The van der Waals surface area contributed by atoms with Gasteiger partial charge in [-0.2, -0.15) is 0 Å². The minimum Gasteiger partial charge on any atom is -0.497 e. The van der Waals surface area contributed by atoms with Crippen LogP contribution >= 0.6 is 0 Å². The Morgan fingerprint density at radius 1 is 1.44 bits per heavy atom. The number of carboxylic acid groups (broad SMARTS) is 1. The molecule has 0 saturated carbocycles. The molecule has 1 amide bonds. The summed E-state index contributed by atoms with van der Waals surface area (Å²) in [5.74, 6) is -1.85. The second-order valence-electron chi connectivity index (χ2n) is 3.60. The lowest BCUT2D eigenvalue weighted by molar-refractivity contribution is -0.137. The zero-order valence-electron chi connectivity index (χ0n) is 9.90. The number of amides is 1. The second kappa shape index (κ2) is 6.58. The van der Waals surface area contributed by atoms with Crippen LogP contribution in [0.1, 0.15) is 23.2 Å². The third-order valence-corrected chi connectivity index (χ3v) is 2.27. The van der Waals surface area contributed by atoms with E-state index in [9.17, 15) is 14.0 Å². The molecule has 6 heteroatoms. The summed E-state index contributed by atoms with van der Waals surface area (Å²) < 4.78 is 18.3. The van der Waals surface area contributed by atoms with Gasteiger partial charge in [0.05, 0.1) is 12.7 Å². The van der Waals surface area contributed by atoms with Gasteiger partial charge in [-0.25, -0.2) is 4.39 Å². The van der Waals surface area contributed by atoms with Crippen molar-refractivity contribution >= 4 is 11.9 Å². The molecule has 0 heterocycles. The molecule has 1 rings (SSSR count). The number of methoxy groups -OCH3 is 1. The Labute approximate surface area is 104 Å². The summed E-state index contributed by atoms with van der Waals surface area (Å²) in [6.45, 7) is 0.191. The highest BCUT2D eigenvalue weighted by Crippen LogP contribution is 2.15. The van der Waals surface area contributed by atoms with Crippen LogP contribution in [0.2, 0.25) is 0 Å². The Morgan fingerprint density at radius 2 is 2.17 bits per heavy atom. The number of halogens is 1. The van der Waals surface area contributed by atoms with Crippen LogP contribution in [-0.2, 0) is 4.79 Å². The normalized spacial score (nSPS) is 9.89. The molecular weight excluding hydrogens is 241 g/mol. The van der Waals surface area contributed by atoms with Gasteiger partial charge in [0.25, 0.3) is 5.91 Å². The molecule has 2 N–H and O–H groups in total. The van der Waals surface area contributed by atoms with Gasteiger partial charge in [0.15, 0.2) is 0 Å². The highest BCUT2D eigenvalue weighted by molar-refractivity contribution is 5.94. The number of carbonyl (C=O) groups excluding carboxylic acids is 1. The number of benzene rings is 1. The molecule has 0 aliphatic heterocycles. The Kier molecular flexibility index (Phi) is 5.10. The van der Waals surface area contributed by atoms with Gasteiger partial charge in [-0.1, -0.05) is 0 Å². The predicted molar refractivity (Wildman–Crippen MR) is 62.2 cm³/mol. The summed E-state index contributed by atoms with van der Waals surface area (Å²) in [7, 11) is 1.40. The van der Waals surface area contributed by atoms with Gasteiger partial charge in [0.2, 0.25) is 0 Å². The van der Waals surface area contributed by atoms with E-state index in [1.807, 2.05) is 0 Å². The Balaban J connectivity index is 2.54. The molecule has 0 aliphatic rings. The quantitative estimate of drug-likeness (QED) is 0.754. The second-order valence-corrected chi connectivity index (χ2v) is 3.60. The summed E-state index contributed by atoms with van der Waals surface area (Å²) in [4.78, 5) is 21.8. The molecule has 0 unspecified atom stereocenters. The fraction of sp³-hybridized carbons (Fsp3) is 0.333. The first-order valence-corrected chi connectivity index (χ1v) is 5.38. The van der Waals surface area contributed by atoms with Gasteiger partial charge in [-0.3, -0.25) is 9.59 Å². The van der Waals surface area contributed by atoms with Crippen LogP contribution in [0.15, 0.2) is 18.2 Å². The predicted octanol–water partition coefficient (Wildman–Crippen LogP) is 1.43. The van der Waals surface area contributed by atoms with Crippen LogP contribution in [0.5, 0.6) is 5.75 Å². The minimum absolute atomic E-state index is 0.0363. The zero-order chi connectivity index (χ0) is 13.5. The molecule has 0 fully saturated rings. The molecule has 0 bridgehead atoms. The van der Waals surface area contributed by atoms with Crippen LogP contribution in [0, 0.1) is 5.82 Å². The lowest BCUT2D eigenvalue weighted by atomic mass is 10.2. The van der Waals surface area contributed by atoms with Crippen molar-refractivity contribution in [3.63, 3.8) is 0 Å². The van der Waals surface area contributed by atoms with Crippen molar-refractivity contribution in [1.29, 1.82) is 0 Å². The smallest absolute Gasteiger partial charge is 0.303 e. The Hall–Kier alpha value is -2.11. The average Bonchev–Trinajstić information content (AvgIpc) is 2.33. The van der Waals surface area contributed by atoms with Crippen molar-refractivity contribution in [2.24, 2.45) is 0 Å². The largest absolute Gasteiger partial charge is 0.497 e. The van der Waals surface area contributed by atoms with Gasteiger partial charge in [-0.15, -0.1) is 0 Å². The fourth-order valence-corrected chi connectivity index (χ4v) is 1.34. The SMILES string of the molecule is COc1ccc(C(=O)NCCCC(=O)O)c(F)c1. The number of nitrogens with one attached hydrogen (secondary N) is 1. The Morgan fingerprint density at radius 3 is 2.72 bits per heavy atom. The van der Waals surface area contributed by atoms with Crippen LogP contribution in [-0.4, -0.2) is 30.6 Å². The summed E-state index contributed by atoms with van der Waals surface area (Å²) in [6.07, 6.45) is 0.268. The molecule has 18 heavy (non-hydrogen) atoms. The number of hydrogen-bond acceptors (Lipinski definition) is 3. The van der Waals surface area contributed by atoms with Gasteiger partial charge in [0.1, 0.15) is 11.6 Å². The summed E-state index contributed by atoms with van der Waals surface area (Å²) in [5, 5.41) is 10.9. The molecule has 1 aromatic carbocycles. The molecule has 0 aromatic heterocycles. The van der Waals surface area contributed by atoms with Crippen LogP contribution < -0.4 is 10.1 Å². The Bertz CT molecular complexity index is 448. The van der Waals surface area contributed by atoms with Crippen molar-refractivity contribution in [3.8, 4) is 5.75 Å². The van der Waals surface area contributed by atoms with E-state index in [1.165, 1.54) is 19.2 Å². The number of rotatable bonds is 6. The monoisotopic (exact) mass is 255 g/mol. The highest BCUT2D eigenvalue weighted by Gasteiger charge is 2.12. The van der Waals surface area contributed by atoms with Crippen LogP contribution in [0.3, 0.4) is 0 Å². The standard InChI is InChI=1S/C12H14FNO4/c1-18-8-4-5-9(10(13)7-8)12(17)14-6-2-3-11(15)16/h4-5,7H,2-3,6H2,1H3,(H,14,17)(H,15,16). The van der Waals surface area contributed by atoms with E-state index in [4.69, 9.17) is 9.84 Å². The third-order valence-electron chi connectivity index (χ3n) is 2.27. The number of carbonyl (C=O) groups is 2. The zero-order valence-corrected chi connectivity index (χ0v) is 9.90. The summed E-state index contributed by atoms with van der Waals surface area (Å²) in [5.41, 5.74) is -0.0916. The van der Waals surface area contributed by atoms with Crippen LogP contribution in [0.4, 0.5) is 4.39 Å². The van der Waals surface area contributed by atoms with E-state index in [-0.39, 0.29) is 18.5 Å². The molecule has 0 aliphatic carbocycles. The van der Waals surface area contributed by atoms with Crippen LogP contribution in [0.25, 0.3) is 0 Å². The van der Waals surface area contributed by atoms with E-state index in [1.54, 1.807) is 0 Å². The van der Waals surface area contributed by atoms with E-state index in [2.05, 4.69) is 5.32 Å². The van der Waals surface area contributed by atoms with E-state index < -0.39 is 17.7 Å². The van der Waals surface area contributed by atoms with Gasteiger partial charge >= 0.3 is 5.97 Å². The maximum Gasteiger partial charge on any atom is 0.303 e. The van der Waals surface area contributed by atoms with E-state index >= 15 is 0 Å². The molecular formula is C12H14FNO4. The van der Waals surface area contributed by atoms with Crippen molar-refractivity contribution in [2.45, 2.75) is 12.8 Å². The lowest BCUT2D eigenvalue weighted by Crippen LogP contribution is -2.25. The molecule has 0 atom stereocenters. The molecule has 0 saturated heterocycles. The fourth-order valence-electron chi connectivity index (χ4n) is 1.34. The highest BCUT2D eigenvalue weighted by atomic mass is 19.1. The lowest BCUT2D eigenvalue weighted by Gasteiger charge is -2.06. The van der Waals surface area contributed by atoms with Gasteiger partial charge < -0.3 is 15.2 Å². The van der Waals surface area contributed by atoms with Crippen molar-refractivity contribution < 1.29 is 23.8 Å². The first-order chi connectivity index (χ1) is 8.54. The summed E-state index contributed by atoms with van der Waals surface area (Å²) in [6, 6.07) is 3.92. The first kappa shape index (κ1) is 14.0.